The first-order chi connectivity index (χ1) is 29.7. The van der Waals surface area contributed by atoms with Crippen molar-refractivity contribution < 1.29 is 8.83 Å². The zero-order valence-corrected chi connectivity index (χ0v) is 33.6. The molecule has 10 aromatic rings. The number of hydrogen-bond acceptors (Lipinski definition) is 3. The van der Waals surface area contributed by atoms with Crippen LogP contribution in [0.15, 0.2) is 197 Å². The molecule has 3 heteroatoms. The Bertz CT molecular complexity index is 3200. The quantitative estimate of drug-likeness (QED) is 0.158. The van der Waals surface area contributed by atoms with Gasteiger partial charge < -0.3 is 13.7 Å². The van der Waals surface area contributed by atoms with E-state index < -0.39 is 5.41 Å². The van der Waals surface area contributed by atoms with Crippen molar-refractivity contribution >= 4 is 38.6 Å². The number of anilines is 3. The lowest BCUT2D eigenvalue weighted by molar-refractivity contribution is 0.525. The second kappa shape index (κ2) is 13.3. The molecule has 1 spiro atoms. The first kappa shape index (κ1) is 34.7. The summed E-state index contributed by atoms with van der Waals surface area (Å²) in [5, 5.41) is 5.01. The predicted molar refractivity (Wildman–Crippen MR) is 247 cm³/mol. The Balaban J connectivity index is 1.10. The van der Waals surface area contributed by atoms with Crippen LogP contribution in [0.4, 0.5) is 17.1 Å². The summed E-state index contributed by atoms with van der Waals surface area (Å²) < 4.78 is 12.5. The minimum Gasteiger partial charge on any atom is -0.461 e. The first-order valence-corrected chi connectivity index (χ1v) is 21.1. The van der Waals surface area contributed by atoms with Gasteiger partial charge in [0.15, 0.2) is 11.5 Å². The highest BCUT2D eigenvalue weighted by atomic mass is 16.4. The third-order valence-corrected chi connectivity index (χ3v) is 13.2. The Morgan fingerprint density at radius 3 is 1.57 bits per heavy atom. The van der Waals surface area contributed by atoms with Gasteiger partial charge >= 0.3 is 0 Å². The van der Waals surface area contributed by atoms with E-state index in [1.54, 1.807) is 0 Å². The van der Waals surface area contributed by atoms with Crippen LogP contribution in [0.25, 0.3) is 66.4 Å². The number of para-hydroxylation sites is 1. The molecule has 3 heterocycles. The predicted octanol–water partition coefficient (Wildman–Crippen LogP) is 15.5. The smallest absolute Gasteiger partial charge is 0.174 e. The van der Waals surface area contributed by atoms with Crippen molar-refractivity contribution in [2.24, 2.45) is 0 Å². The second-order valence-electron chi connectivity index (χ2n) is 16.1. The topological polar surface area (TPSA) is 29.5 Å². The number of hydrogen-bond donors (Lipinski definition) is 0. The summed E-state index contributed by atoms with van der Waals surface area (Å²) in [6.07, 6.45) is 5.49. The Kier molecular flexibility index (Phi) is 7.71. The summed E-state index contributed by atoms with van der Waals surface area (Å²) >= 11 is 0. The molecular weight excluding hydrogens is 731 g/mol. The zero-order chi connectivity index (χ0) is 40.0. The standard InChI is InChI=1S/C57H41NO2/c1-3-36-16-8-9-19-41(36)46-35-50-52(34-37(46)4-2)58(51-25-15-14-24-47(51)57(50)48-30-32-59-55(48)56-49(57)31-33-60-56)40-28-26-39(27-29-40)54-44-22-12-10-20-42(44)53(38-17-6-5-7-18-38)43-21-11-13-23-45(43)54/h5-35H,3-4H2,1-2H3. The van der Waals surface area contributed by atoms with Gasteiger partial charge in [-0.05, 0) is 132 Å². The summed E-state index contributed by atoms with van der Waals surface area (Å²) in [5.41, 5.74) is 17.7. The van der Waals surface area contributed by atoms with Gasteiger partial charge in [0.1, 0.15) is 0 Å². The molecule has 286 valence electrons. The molecule has 2 aromatic heterocycles. The maximum Gasteiger partial charge on any atom is 0.174 e. The van der Waals surface area contributed by atoms with Crippen LogP contribution in [0.1, 0.15) is 47.2 Å². The Hall–Kier alpha value is -7.36. The van der Waals surface area contributed by atoms with Crippen molar-refractivity contribution in [2.45, 2.75) is 32.1 Å². The summed E-state index contributed by atoms with van der Waals surface area (Å²) in [5.74, 6) is 1.61. The molecule has 0 unspecified atom stereocenters. The van der Waals surface area contributed by atoms with E-state index in [-0.39, 0.29) is 0 Å². The van der Waals surface area contributed by atoms with Crippen LogP contribution in [0.3, 0.4) is 0 Å². The number of aryl methyl sites for hydroxylation is 2. The van der Waals surface area contributed by atoms with Crippen molar-refractivity contribution in [1.29, 1.82) is 0 Å². The van der Waals surface area contributed by atoms with Gasteiger partial charge in [0.2, 0.25) is 0 Å². The fourth-order valence-corrected chi connectivity index (χ4v) is 10.7. The monoisotopic (exact) mass is 771 g/mol. The van der Waals surface area contributed by atoms with Crippen molar-refractivity contribution in [2.75, 3.05) is 4.90 Å². The highest BCUT2D eigenvalue weighted by molar-refractivity contribution is 6.21. The highest BCUT2D eigenvalue weighted by Gasteiger charge is 2.55. The number of fused-ring (bicyclic) bond motifs is 11. The summed E-state index contributed by atoms with van der Waals surface area (Å²) in [7, 11) is 0. The van der Waals surface area contributed by atoms with Gasteiger partial charge in [0, 0.05) is 16.8 Å². The average Bonchev–Trinajstić information content (AvgIpc) is 4.05. The van der Waals surface area contributed by atoms with Crippen LogP contribution in [0.5, 0.6) is 0 Å². The lowest BCUT2D eigenvalue weighted by atomic mass is 9.64. The van der Waals surface area contributed by atoms with E-state index in [1.807, 2.05) is 12.5 Å². The van der Waals surface area contributed by atoms with Crippen molar-refractivity contribution in [1.82, 2.24) is 0 Å². The van der Waals surface area contributed by atoms with Crippen molar-refractivity contribution in [3.63, 3.8) is 0 Å². The summed E-state index contributed by atoms with van der Waals surface area (Å²) in [6, 6.07) is 64.9. The summed E-state index contributed by atoms with van der Waals surface area (Å²) in [6.45, 7) is 4.53. The lowest BCUT2D eigenvalue weighted by Gasteiger charge is -2.44. The second-order valence-corrected chi connectivity index (χ2v) is 16.1. The highest BCUT2D eigenvalue weighted by Crippen LogP contribution is 2.64. The Morgan fingerprint density at radius 1 is 0.417 bits per heavy atom. The third kappa shape index (κ3) is 4.72. The van der Waals surface area contributed by atoms with Crippen molar-refractivity contribution in [3.8, 4) is 44.9 Å². The molecule has 12 rings (SSSR count). The molecule has 0 atom stereocenters. The van der Waals surface area contributed by atoms with E-state index in [2.05, 4.69) is 195 Å². The molecule has 3 nitrogen and oxygen atoms in total. The first-order valence-electron chi connectivity index (χ1n) is 21.1. The Morgan fingerprint density at radius 2 is 0.950 bits per heavy atom. The van der Waals surface area contributed by atoms with E-state index in [1.165, 1.54) is 82.9 Å². The van der Waals surface area contributed by atoms with Gasteiger partial charge in [-0.3, -0.25) is 0 Å². The van der Waals surface area contributed by atoms with Crippen LogP contribution in [-0.2, 0) is 18.3 Å². The van der Waals surface area contributed by atoms with E-state index >= 15 is 0 Å². The molecule has 8 aromatic carbocycles. The van der Waals surface area contributed by atoms with Crippen LogP contribution in [-0.4, -0.2) is 0 Å². The van der Waals surface area contributed by atoms with Crippen LogP contribution >= 0.6 is 0 Å². The van der Waals surface area contributed by atoms with E-state index in [9.17, 15) is 0 Å². The zero-order valence-electron chi connectivity index (χ0n) is 33.6. The molecule has 1 aliphatic carbocycles. The van der Waals surface area contributed by atoms with Gasteiger partial charge in [-0.25, -0.2) is 0 Å². The minimum absolute atomic E-state index is 0.631. The van der Waals surface area contributed by atoms with Crippen molar-refractivity contribution in [3.05, 3.63) is 222 Å². The number of furan rings is 2. The van der Waals surface area contributed by atoms with Gasteiger partial charge in [0.05, 0.1) is 29.3 Å². The maximum atomic E-state index is 6.27. The minimum atomic E-state index is -0.631. The molecule has 0 fully saturated rings. The lowest BCUT2D eigenvalue weighted by Crippen LogP contribution is -2.36. The molecular formula is C57H41NO2. The molecule has 60 heavy (non-hydrogen) atoms. The molecule has 0 N–H and O–H groups in total. The fourth-order valence-electron chi connectivity index (χ4n) is 10.7. The Labute approximate surface area is 349 Å². The van der Waals surface area contributed by atoms with Crippen LogP contribution in [0.2, 0.25) is 0 Å². The molecule has 0 saturated carbocycles. The normalized spacial score (nSPS) is 13.4. The third-order valence-electron chi connectivity index (χ3n) is 13.2. The SMILES string of the molecule is CCc1ccccc1-c1cc2c(cc1CC)N(c1ccc(-c3c4ccccc4c(-c4ccccc4)c4ccccc34)cc1)c1ccccc1C21c2ccoc2-c2occc21. The molecule has 0 radical (unpaired) electrons. The molecule has 0 bridgehead atoms. The molecule has 2 aliphatic rings. The number of rotatable bonds is 6. The number of nitrogens with zero attached hydrogens (tertiary/aromatic N) is 1. The van der Waals surface area contributed by atoms with Crippen LogP contribution < -0.4 is 4.90 Å². The van der Waals surface area contributed by atoms with Gasteiger partial charge in [0.25, 0.3) is 0 Å². The maximum absolute atomic E-state index is 6.27. The van der Waals surface area contributed by atoms with E-state index in [0.29, 0.717) is 0 Å². The fraction of sp³-hybridized carbons (Fsp3) is 0.0877. The van der Waals surface area contributed by atoms with Gasteiger partial charge in [-0.1, -0.05) is 147 Å². The molecule has 1 aliphatic heterocycles. The van der Waals surface area contributed by atoms with E-state index in [4.69, 9.17) is 8.83 Å². The molecule has 0 saturated heterocycles. The van der Waals surface area contributed by atoms with E-state index in [0.717, 1.165) is 46.9 Å². The van der Waals surface area contributed by atoms with Crippen LogP contribution in [0, 0.1) is 0 Å². The summed E-state index contributed by atoms with van der Waals surface area (Å²) in [4.78, 5) is 2.49. The van der Waals surface area contributed by atoms with Gasteiger partial charge in [-0.15, -0.1) is 0 Å². The molecule has 0 amide bonds. The number of benzene rings is 8. The van der Waals surface area contributed by atoms with Gasteiger partial charge in [-0.2, -0.15) is 0 Å². The average molecular weight is 772 g/mol. The largest absolute Gasteiger partial charge is 0.461 e.